The van der Waals surface area contributed by atoms with Gasteiger partial charge < -0.3 is 9.47 Å². The molecule has 1 aromatic heterocycles. The van der Waals surface area contributed by atoms with E-state index in [9.17, 15) is 28.1 Å². The van der Waals surface area contributed by atoms with Gasteiger partial charge in [-0.3, -0.25) is 10.1 Å². The van der Waals surface area contributed by atoms with Gasteiger partial charge >= 0.3 is 12.1 Å². The second-order valence-corrected chi connectivity index (χ2v) is 7.32. The molecule has 34 heavy (non-hydrogen) atoms. The van der Waals surface area contributed by atoms with Crippen molar-refractivity contribution in [2.24, 2.45) is 0 Å². The summed E-state index contributed by atoms with van der Waals surface area (Å²) in [6, 6.07) is 5.64. The lowest BCUT2D eigenvalue weighted by Gasteiger charge is -2.17. The van der Waals surface area contributed by atoms with Crippen LogP contribution in [-0.4, -0.2) is 32.5 Å². The first-order chi connectivity index (χ1) is 16.1. The predicted octanol–water partition coefficient (Wildman–Crippen LogP) is 5.31. The fourth-order valence-electron chi connectivity index (χ4n) is 3.17. The first-order valence-corrected chi connectivity index (χ1v) is 10.3. The summed E-state index contributed by atoms with van der Waals surface area (Å²) in [5, 5.41) is 19.2. The van der Waals surface area contributed by atoms with Crippen LogP contribution >= 0.6 is 0 Å². The second-order valence-electron chi connectivity index (χ2n) is 7.32. The second kappa shape index (κ2) is 10.3. The van der Waals surface area contributed by atoms with Crippen molar-refractivity contribution >= 4 is 11.7 Å². The van der Waals surface area contributed by atoms with E-state index in [1.165, 1.54) is 30.2 Å². The highest BCUT2D eigenvalue weighted by Gasteiger charge is 2.35. The number of hydrogen-bond donors (Lipinski definition) is 0. The van der Waals surface area contributed by atoms with E-state index in [0.717, 1.165) is 30.7 Å². The summed E-state index contributed by atoms with van der Waals surface area (Å²) in [7, 11) is 0. The normalized spacial score (nSPS) is 11.3. The number of carbonyl (C=O) groups excluding carboxylic acids is 1. The summed E-state index contributed by atoms with van der Waals surface area (Å²) in [6.45, 7) is 3.30. The van der Waals surface area contributed by atoms with Gasteiger partial charge in [-0.2, -0.15) is 28.2 Å². The number of unbranched alkanes of at least 4 members (excludes halogenated alkanes) is 1. The Bertz CT molecular complexity index is 1180. The fraction of sp³-hybridized carbons (Fsp3) is 0.318. The Morgan fingerprint density at radius 2 is 1.82 bits per heavy atom. The number of aromatic nitrogens is 3. The Morgan fingerprint density at radius 3 is 2.44 bits per heavy atom. The zero-order valence-electron chi connectivity index (χ0n) is 18.3. The van der Waals surface area contributed by atoms with E-state index >= 15 is 0 Å². The van der Waals surface area contributed by atoms with Crippen molar-refractivity contribution < 1.29 is 32.4 Å². The van der Waals surface area contributed by atoms with Gasteiger partial charge in [0.15, 0.2) is 0 Å². The molecule has 12 heteroatoms. The molecule has 0 unspecified atom stereocenters. The third kappa shape index (κ3) is 5.69. The molecule has 0 fully saturated rings. The number of ether oxygens (including phenoxy) is 2. The molecular weight excluding hydrogens is 457 g/mol. The Balaban J connectivity index is 1.98. The molecule has 0 radical (unpaired) electrons. The molecule has 0 bridgehead atoms. The average Bonchev–Trinajstić information content (AvgIpc) is 3.28. The van der Waals surface area contributed by atoms with Crippen molar-refractivity contribution in [1.82, 2.24) is 15.0 Å². The smallest absolute Gasteiger partial charge is 0.419 e. The maximum atomic E-state index is 13.8. The van der Waals surface area contributed by atoms with Crippen LogP contribution in [0.4, 0.5) is 18.9 Å². The lowest BCUT2D eigenvalue weighted by Crippen LogP contribution is -2.13. The molecule has 0 aliphatic carbocycles. The summed E-state index contributed by atoms with van der Waals surface area (Å²) in [5.41, 5.74) is -1.66. The number of hydrogen-bond acceptors (Lipinski definition) is 7. The zero-order valence-corrected chi connectivity index (χ0v) is 18.3. The van der Waals surface area contributed by atoms with Gasteiger partial charge in [0, 0.05) is 11.6 Å². The number of halogens is 3. The molecule has 0 saturated heterocycles. The highest BCUT2D eigenvalue weighted by atomic mass is 19.4. The molecule has 0 saturated carbocycles. The van der Waals surface area contributed by atoms with Crippen molar-refractivity contribution in [2.45, 2.75) is 39.4 Å². The van der Waals surface area contributed by atoms with Crippen LogP contribution in [-0.2, 0) is 17.5 Å². The Hall–Kier alpha value is -3.96. The molecule has 180 valence electrons. The van der Waals surface area contributed by atoms with Gasteiger partial charge in [-0.05, 0) is 37.1 Å². The van der Waals surface area contributed by atoms with Crippen LogP contribution in [0.5, 0.6) is 11.5 Å². The molecule has 3 rings (SSSR count). The molecule has 2 aromatic carbocycles. The average molecular weight is 478 g/mol. The molecular formula is C22H21F3N4O5. The van der Waals surface area contributed by atoms with Crippen molar-refractivity contribution in [2.75, 3.05) is 6.61 Å². The SMILES string of the molecule is CCCCOC(=O)c1c([N+](=O)[O-])ccc(Oc2ccc(Cn3nccn3)cc2C(F)(F)F)c1C. The van der Waals surface area contributed by atoms with Crippen LogP contribution < -0.4 is 4.74 Å². The molecule has 0 aliphatic heterocycles. The van der Waals surface area contributed by atoms with Crippen molar-refractivity contribution in [1.29, 1.82) is 0 Å². The van der Waals surface area contributed by atoms with E-state index in [4.69, 9.17) is 9.47 Å². The summed E-state index contributed by atoms with van der Waals surface area (Å²) < 4.78 is 52.0. The van der Waals surface area contributed by atoms with Crippen LogP contribution in [0.3, 0.4) is 0 Å². The van der Waals surface area contributed by atoms with Gasteiger partial charge in [0.05, 0.1) is 36.0 Å². The number of nitro groups is 1. The van der Waals surface area contributed by atoms with Gasteiger partial charge in [-0.25, -0.2) is 4.79 Å². The molecule has 0 N–H and O–H groups in total. The van der Waals surface area contributed by atoms with Gasteiger partial charge in [-0.15, -0.1) is 0 Å². The molecule has 3 aromatic rings. The maximum Gasteiger partial charge on any atom is 0.419 e. The number of rotatable bonds is 9. The molecule has 9 nitrogen and oxygen atoms in total. The highest BCUT2D eigenvalue weighted by Crippen LogP contribution is 2.40. The number of esters is 1. The molecule has 0 amide bonds. The van der Waals surface area contributed by atoms with Gasteiger partial charge in [0.1, 0.15) is 17.1 Å². The Kier molecular flexibility index (Phi) is 7.49. The lowest BCUT2D eigenvalue weighted by molar-refractivity contribution is -0.385. The maximum absolute atomic E-state index is 13.8. The number of benzene rings is 2. The van der Waals surface area contributed by atoms with E-state index in [0.29, 0.717) is 6.42 Å². The summed E-state index contributed by atoms with van der Waals surface area (Å²) in [5.74, 6) is -1.60. The highest BCUT2D eigenvalue weighted by molar-refractivity contribution is 5.96. The van der Waals surface area contributed by atoms with E-state index in [1.54, 1.807) is 0 Å². The Morgan fingerprint density at radius 1 is 1.15 bits per heavy atom. The van der Waals surface area contributed by atoms with E-state index < -0.39 is 34.1 Å². The van der Waals surface area contributed by atoms with Crippen LogP contribution in [0, 0.1) is 17.0 Å². The molecule has 0 aliphatic rings. The third-order valence-corrected chi connectivity index (χ3v) is 4.89. The molecule has 0 atom stereocenters. The number of alkyl halides is 3. The molecule has 1 heterocycles. The van der Waals surface area contributed by atoms with Gasteiger partial charge in [0.2, 0.25) is 0 Å². The van der Waals surface area contributed by atoms with E-state index in [1.807, 2.05) is 6.92 Å². The largest absolute Gasteiger partial charge is 0.462 e. The quantitative estimate of drug-likeness (QED) is 0.177. The summed E-state index contributed by atoms with van der Waals surface area (Å²) in [4.78, 5) is 24.4. The van der Waals surface area contributed by atoms with Crippen LogP contribution in [0.15, 0.2) is 42.7 Å². The summed E-state index contributed by atoms with van der Waals surface area (Å²) >= 11 is 0. The summed E-state index contributed by atoms with van der Waals surface area (Å²) in [6.07, 6.45) is -0.636. The topological polar surface area (TPSA) is 109 Å². The van der Waals surface area contributed by atoms with Gasteiger partial charge in [0.25, 0.3) is 5.69 Å². The first-order valence-electron chi connectivity index (χ1n) is 10.3. The minimum atomic E-state index is -4.75. The number of nitro benzene ring substituents is 1. The minimum absolute atomic E-state index is 0.00589. The third-order valence-electron chi connectivity index (χ3n) is 4.89. The minimum Gasteiger partial charge on any atom is -0.462 e. The number of nitrogens with zero attached hydrogens (tertiary/aromatic N) is 4. The standard InChI is InChI=1S/C22H21F3N4O5/c1-3-4-11-33-21(30)20-14(2)18(8-6-17(20)29(31)32)34-19-7-5-15(12-16(19)22(23,24)25)13-28-26-9-10-27-28/h5-10,12H,3-4,11,13H2,1-2H3. The van der Waals surface area contributed by atoms with Crippen LogP contribution in [0.1, 0.15) is 46.8 Å². The van der Waals surface area contributed by atoms with Gasteiger partial charge in [-0.1, -0.05) is 19.4 Å². The van der Waals surface area contributed by atoms with Crippen LogP contribution in [0.25, 0.3) is 0 Å². The van der Waals surface area contributed by atoms with E-state index in [2.05, 4.69) is 10.2 Å². The number of carbonyl (C=O) groups is 1. The Labute approximate surface area is 192 Å². The van der Waals surface area contributed by atoms with E-state index in [-0.39, 0.29) is 35.6 Å². The monoisotopic (exact) mass is 478 g/mol. The lowest BCUT2D eigenvalue weighted by atomic mass is 10.0. The fourth-order valence-corrected chi connectivity index (χ4v) is 3.17. The molecule has 0 spiro atoms. The van der Waals surface area contributed by atoms with Crippen LogP contribution in [0.2, 0.25) is 0 Å². The predicted molar refractivity (Wildman–Crippen MR) is 114 cm³/mol. The zero-order chi connectivity index (χ0) is 24.9. The first kappa shape index (κ1) is 24.7. The van der Waals surface area contributed by atoms with Crippen molar-refractivity contribution in [3.05, 3.63) is 75.1 Å². The van der Waals surface area contributed by atoms with Crippen molar-refractivity contribution in [3.63, 3.8) is 0 Å². The van der Waals surface area contributed by atoms with Crippen molar-refractivity contribution in [3.8, 4) is 11.5 Å².